The van der Waals surface area contributed by atoms with Crippen molar-refractivity contribution in [3.05, 3.63) is 83.7 Å². The number of amides is 1. The van der Waals surface area contributed by atoms with Crippen LogP contribution in [0.25, 0.3) is 0 Å². The van der Waals surface area contributed by atoms with E-state index < -0.39 is 18.2 Å². The highest BCUT2D eigenvalue weighted by molar-refractivity contribution is 5.81. The number of ether oxygens (including phenoxy) is 4. The largest absolute Gasteiger partial charge is 0.490 e. The van der Waals surface area contributed by atoms with Gasteiger partial charge in [-0.25, -0.2) is 4.39 Å². The fourth-order valence-electron chi connectivity index (χ4n) is 6.99. The third kappa shape index (κ3) is 8.03. The molecule has 3 heterocycles. The third-order valence-electron chi connectivity index (χ3n) is 9.43. The zero-order valence-electron chi connectivity index (χ0n) is 27.8. The summed E-state index contributed by atoms with van der Waals surface area (Å²) in [6.07, 6.45) is 0.411. The number of β-amino-alcohol motifs (C(OH)–C–C–N with tert-alkyl or cyclic N) is 1. The van der Waals surface area contributed by atoms with Crippen molar-refractivity contribution in [2.45, 2.75) is 56.6 Å². The summed E-state index contributed by atoms with van der Waals surface area (Å²) < 4.78 is 37.8. The number of anilines is 2. The first-order valence-electron chi connectivity index (χ1n) is 16.9. The van der Waals surface area contributed by atoms with Crippen molar-refractivity contribution in [2.24, 2.45) is 5.73 Å². The van der Waals surface area contributed by atoms with Crippen LogP contribution in [-0.2, 0) is 20.9 Å². The molecule has 3 aliphatic rings. The van der Waals surface area contributed by atoms with Crippen molar-refractivity contribution in [3.63, 3.8) is 0 Å². The van der Waals surface area contributed by atoms with E-state index in [1.807, 2.05) is 42.5 Å². The van der Waals surface area contributed by atoms with Gasteiger partial charge in [0, 0.05) is 57.9 Å². The van der Waals surface area contributed by atoms with E-state index in [2.05, 4.69) is 15.9 Å². The average molecular weight is 663 g/mol. The maximum absolute atomic E-state index is 13.7. The summed E-state index contributed by atoms with van der Waals surface area (Å²) in [5, 5.41) is 11.4. The molecule has 0 aliphatic carbocycles. The van der Waals surface area contributed by atoms with E-state index in [4.69, 9.17) is 24.7 Å². The van der Waals surface area contributed by atoms with Crippen LogP contribution in [0, 0.1) is 5.82 Å². The van der Waals surface area contributed by atoms with Crippen LogP contribution >= 0.6 is 0 Å². The van der Waals surface area contributed by atoms with E-state index in [0.717, 1.165) is 66.5 Å². The summed E-state index contributed by atoms with van der Waals surface area (Å²) in [7, 11) is 1.71. The van der Waals surface area contributed by atoms with E-state index in [0.29, 0.717) is 32.9 Å². The van der Waals surface area contributed by atoms with Gasteiger partial charge in [0.2, 0.25) is 5.91 Å². The summed E-state index contributed by atoms with van der Waals surface area (Å²) >= 11 is 0. The molecule has 5 atom stereocenters. The molecule has 48 heavy (non-hydrogen) atoms. The lowest BCUT2D eigenvalue weighted by Crippen LogP contribution is -2.56. The minimum absolute atomic E-state index is 0.0220. The first-order chi connectivity index (χ1) is 23.3. The number of carbonyl (C=O) groups is 1. The normalized spacial score (nSPS) is 23.1. The Morgan fingerprint density at radius 1 is 1.08 bits per heavy atom. The second-order valence-corrected chi connectivity index (χ2v) is 13.0. The van der Waals surface area contributed by atoms with Crippen LogP contribution in [0.5, 0.6) is 11.5 Å². The molecule has 0 aromatic heterocycles. The monoisotopic (exact) mass is 662 g/mol. The fraction of sp³-hybridized carbons (Fsp3) is 0.486. The van der Waals surface area contributed by atoms with Crippen LogP contribution in [0.3, 0.4) is 0 Å². The molecule has 3 aromatic rings. The Kier molecular flexibility index (Phi) is 11.0. The van der Waals surface area contributed by atoms with E-state index in [-0.39, 0.29) is 30.3 Å². The number of hydrogen-bond acceptors (Lipinski definition) is 9. The van der Waals surface area contributed by atoms with Crippen molar-refractivity contribution in [1.82, 2.24) is 4.90 Å². The molecule has 11 heteroatoms. The Labute approximate surface area is 282 Å². The second kappa shape index (κ2) is 15.5. The molecule has 3 N–H and O–H groups in total. The van der Waals surface area contributed by atoms with Gasteiger partial charge in [0.1, 0.15) is 30.0 Å². The van der Waals surface area contributed by atoms with E-state index in [1.165, 1.54) is 6.07 Å². The van der Waals surface area contributed by atoms with E-state index in [9.17, 15) is 14.3 Å². The predicted molar refractivity (Wildman–Crippen MR) is 182 cm³/mol. The summed E-state index contributed by atoms with van der Waals surface area (Å²) in [4.78, 5) is 19.0. The lowest BCUT2D eigenvalue weighted by Gasteiger charge is -2.42. The molecular weight excluding hydrogens is 615 g/mol. The molecule has 0 spiro atoms. The molecular formula is C37H47FN4O6. The highest BCUT2D eigenvalue weighted by Gasteiger charge is 2.40. The van der Waals surface area contributed by atoms with Gasteiger partial charge >= 0.3 is 0 Å². The van der Waals surface area contributed by atoms with Gasteiger partial charge in [0.25, 0.3) is 0 Å². The molecule has 0 unspecified atom stereocenters. The molecule has 1 amide bonds. The van der Waals surface area contributed by atoms with Crippen molar-refractivity contribution >= 4 is 17.3 Å². The zero-order chi connectivity index (χ0) is 33.6. The maximum Gasteiger partial charge on any atom is 0.239 e. The van der Waals surface area contributed by atoms with Gasteiger partial charge in [-0.15, -0.1) is 0 Å². The quantitative estimate of drug-likeness (QED) is 0.279. The van der Waals surface area contributed by atoms with Gasteiger partial charge < -0.3 is 44.5 Å². The number of halogens is 1. The van der Waals surface area contributed by atoms with Gasteiger partial charge in [0.15, 0.2) is 0 Å². The number of likely N-dealkylation sites (tertiary alicyclic amines) is 1. The third-order valence-corrected chi connectivity index (χ3v) is 9.43. The Morgan fingerprint density at radius 2 is 1.92 bits per heavy atom. The molecule has 3 aliphatic heterocycles. The predicted octanol–water partition coefficient (Wildman–Crippen LogP) is 3.94. The fourth-order valence-corrected chi connectivity index (χ4v) is 6.99. The minimum Gasteiger partial charge on any atom is -0.490 e. The number of piperidine rings is 1. The summed E-state index contributed by atoms with van der Waals surface area (Å²) in [5.74, 6) is 0.752. The standard InChI is InChI=1S/C37H47FN4O6/c1-25(39)37(44)42-22-33(43)36(27-8-10-30(11-9-27)48-31-13-15-41(21-31)29-6-3-5-28(38)20-29)35(23-42)47-24-26-7-12-34-32(19-26)40(16-18-46-34)14-4-17-45-2/h3,5-12,19-20,25,31,33,35-36,43H,4,13-18,21-24,39H2,1-2H3/t25-,31-,33+,35-,36-/m0/s1. The molecule has 0 bridgehead atoms. The Bertz CT molecular complexity index is 1520. The average Bonchev–Trinajstić information content (AvgIpc) is 3.56. The number of carbonyl (C=O) groups excluding carboxylic acids is 1. The smallest absolute Gasteiger partial charge is 0.239 e. The number of nitrogens with zero attached hydrogens (tertiary/aromatic N) is 3. The first-order valence-corrected chi connectivity index (χ1v) is 16.9. The Hall–Kier alpha value is -3.90. The number of hydrogen-bond donors (Lipinski definition) is 2. The first kappa shape index (κ1) is 34.0. The van der Waals surface area contributed by atoms with Crippen LogP contribution in [0.15, 0.2) is 66.7 Å². The topological polar surface area (TPSA) is 110 Å². The second-order valence-electron chi connectivity index (χ2n) is 13.0. The van der Waals surface area contributed by atoms with Gasteiger partial charge in [-0.05, 0) is 66.9 Å². The summed E-state index contributed by atoms with van der Waals surface area (Å²) in [6.45, 7) is 6.92. The molecule has 2 saturated heterocycles. The minimum atomic E-state index is -0.846. The summed E-state index contributed by atoms with van der Waals surface area (Å²) in [6, 6.07) is 19.8. The lowest BCUT2D eigenvalue weighted by atomic mass is 9.84. The molecule has 2 fully saturated rings. The van der Waals surface area contributed by atoms with E-state index in [1.54, 1.807) is 31.1 Å². The van der Waals surface area contributed by atoms with E-state index >= 15 is 0 Å². The number of benzene rings is 3. The molecule has 0 radical (unpaired) electrons. The molecule has 258 valence electrons. The van der Waals surface area contributed by atoms with Crippen LogP contribution < -0.4 is 25.0 Å². The Morgan fingerprint density at radius 3 is 2.69 bits per heavy atom. The number of aliphatic hydroxyl groups is 1. The zero-order valence-corrected chi connectivity index (χ0v) is 27.8. The highest BCUT2D eigenvalue weighted by Crippen LogP contribution is 2.36. The SMILES string of the molecule is COCCCN1CCOc2ccc(CO[C@H]3CN(C(=O)[C@H](C)N)C[C@@H](O)[C@@H]3c3ccc(O[C@H]4CCN(c5cccc(F)c5)C4)cc3)cc21. The molecule has 0 saturated carbocycles. The lowest BCUT2D eigenvalue weighted by molar-refractivity contribution is -0.143. The van der Waals surface area contributed by atoms with Crippen molar-refractivity contribution in [3.8, 4) is 11.5 Å². The molecule has 6 rings (SSSR count). The van der Waals surface area contributed by atoms with Crippen LogP contribution in [0.1, 0.15) is 36.8 Å². The number of methoxy groups -OCH3 is 1. The highest BCUT2D eigenvalue weighted by atomic mass is 19.1. The van der Waals surface area contributed by atoms with Crippen LogP contribution in [-0.4, -0.2) is 99.9 Å². The van der Waals surface area contributed by atoms with Crippen molar-refractivity contribution in [2.75, 3.05) is 69.4 Å². The Balaban J connectivity index is 1.14. The number of rotatable bonds is 12. The van der Waals surface area contributed by atoms with Crippen molar-refractivity contribution < 1.29 is 33.2 Å². The van der Waals surface area contributed by atoms with Crippen LogP contribution in [0.2, 0.25) is 0 Å². The molecule has 3 aromatic carbocycles. The van der Waals surface area contributed by atoms with Gasteiger partial charge in [-0.1, -0.05) is 24.3 Å². The van der Waals surface area contributed by atoms with Gasteiger partial charge in [0.05, 0.1) is 43.6 Å². The number of aliphatic hydroxyl groups excluding tert-OH is 1. The van der Waals surface area contributed by atoms with Crippen LogP contribution in [0.4, 0.5) is 15.8 Å². The molecule has 10 nitrogen and oxygen atoms in total. The number of nitrogens with two attached hydrogens (primary N) is 1. The number of fused-ring (bicyclic) bond motifs is 1. The van der Waals surface area contributed by atoms with Gasteiger partial charge in [-0.2, -0.15) is 0 Å². The maximum atomic E-state index is 13.7. The summed E-state index contributed by atoms with van der Waals surface area (Å²) in [5.41, 5.74) is 9.72. The van der Waals surface area contributed by atoms with Crippen molar-refractivity contribution in [1.29, 1.82) is 0 Å². The van der Waals surface area contributed by atoms with Gasteiger partial charge in [-0.3, -0.25) is 4.79 Å².